The fourth-order valence-corrected chi connectivity index (χ4v) is 4.88. The number of thioether (sulfide) groups is 1. The first-order chi connectivity index (χ1) is 9.63. The molecule has 20 heavy (non-hydrogen) atoms. The minimum absolute atomic E-state index is 0.0826. The highest BCUT2D eigenvalue weighted by molar-refractivity contribution is 7.99. The van der Waals surface area contributed by atoms with E-state index in [9.17, 15) is 0 Å². The van der Waals surface area contributed by atoms with Gasteiger partial charge in [-0.15, -0.1) is 0 Å². The molecule has 2 fully saturated rings. The lowest BCUT2D eigenvalue weighted by Gasteiger charge is -2.40. The van der Waals surface area contributed by atoms with Crippen LogP contribution >= 0.6 is 11.8 Å². The molecule has 4 nitrogen and oxygen atoms in total. The van der Waals surface area contributed by atoms with Gasteiger partial charge in [-0.25, -0.2) is 0 Å². The molecule has 0 aromatic carbocycles. The predicted molar refractivity (Wildman–Crippen MR) is 82.9 cm³/mol. The van der Waals surface area contributed by atoms with Gasteiger partial charge in [0.25, 0.3) is 0 Å². The molecule has 3 rings (SSSR count). The molecule has 1 spiro atoms. The zero-order valence-corrected chi connectivity index (χ0v) is 13.3. The minimum Gasteiger partial charge on any atom is -0.374 e. The Hall–Kier alpha value is -0.520. The topological polar surface area (TPSA) is 53.1 Å². The fraction of sp³-hybridized carbons (Fsp3) is 0.800. The van der Waals surface area contributed by atoms with E-state index in [4.69, 9.17) is 10.5 Å². The molecule has 0 aliphatic carbocycles. The third-order valence-electron chi connectivity index (χ3n) is 4.78. The number of ether oxygens (including phenoxy) is 1. The van der Waals surface area contributed by atoms with E-state index in [0.717, 1.165) is 37.3 Å². The van der Waals surface area contributed by atoms with Crippen LogP contribution in [0.4, 0.5) is 0 Å². The first kappa shape index (κ1) is 14.4. The van der Waals surface area contributed by atoms with Gasteiger partial charge in [-0.1, -0.05) is 6.92 Å². The molecule has 0 radical (unpaired) electrons. The van der Waals surface area contributed by atoms with Crippen molar-refractivity contribution in [2.75, 3.05) is 18.1 Å². The Morgan fingerprint density at radius 3 is 3.15 bits per heavy atom. The van der Waals surface area contributed by atoms with Crippen LogP contribution in [0.2, 0.25) is 0 Å². The maximum Gasteiger partial charge on any atom is 0.0783 e. The van der Waals surface area contributed by atoms with Gasteiger partial charge in [-0.3, -0.25) is 4.68 Å². The molecule has 2 aliphatic rings. The third kappa shape index (κ3) is 2.63. The van der Waals surface area contributed by atoms with Gasteiger partial charge in [-0.2, -0.15) is 16.9 Å². The molecule has 0 bridgehead atoms. The molecule has 2 aliphatic heterocycles. The molecular weight excluding hydrogens is 270 g/mol. The molecule has 0 amide bonds. The van der Waals surface area contributed by atoms with Crippen LogP contribution in [0.15, 0.2) is 6.07 Å². The van der Waals surface area contributed by atoms with Crippen LogP contribution in [0.25, 0.3) is 0 Å². The van der Waals surface area contributed by atoms with E-state index in [0.29, 0.717) is 5.92 Å². The van der Waals surface area contributed by atoms with Crippen LogP contribution < -0.4 is 5.73 Å². The van der Waals surface area contributed by atoms with Crippen LogP contribution in [0, 0.1) is 5.92 Å². The van der Waals surface area contributed by atoms with Gasteiger partial charge in [0.2, 0.25) is 0 Å². The molecular formula is C15H25N3OS. The van der Waals surface area contributed by atoms with E-state index in [-0.39, 0.29) is 11.6 Å². The summed E-state index contributed by atoms with van der Waals surface area (Å²) in [5.74, 6) is 2.89. The Kier molecular flexibility index (Phi) is 4.11. The van der Waals surface area contributed by atoms with Gasteiger partial charge >= 0.3 is 0 Å². The summed E-state index contributed by atoms with van der Waals surface area (Å²) < 4.78 is 8.07. The quantitative estimate of drug-likeness (QED) is 0.929. The second-order valence-corrected chi connectivity index (χ2v) is 7.26. The minimum atomic E-state index is 0.0826. The average Bonchev–Trinajstić information content (AvgIpc) is 3.05. The van der Waals surface area contributed by atoms with Gasteiger partial charge < -0.3 is 10.5 Å². The van der Waals surface area contributed by atoms with Crippen molar-refractivity contribution in [2.24, 2.45) is 18.7 Å². The van der Waals surface area contributed by atoms with E-state index in [1.165, 1.54) is 17.9 Å². The lowest BCUT2D eigenvalue weighted by Crippen LogP contribution is -2.43. The van der Waals surface area contributed by atoms with E-state index in [2.05, 4.69) is 18.1 Å². The predicted octanol–water partition coefficient (Wildman–Crippen LogP) is 2.28. The smallest absolute Gasteiger partial charge is 0.0783 e. The molecule has 1 aromatic heterocycles. The van der Waals surface area contributed by atoms with Crippen LogP contribution in [-0.4, -0.2) is 33.5 Å². The van der Waals surface area contributed by atoms with Gasteiger partial charge in [0, 0.05) is 25.4 Å². The lowest BCUT2D eigenvalue weighted by atomic mass is 9.80. The summed E-state index contributed by atoms with van der Waals surface area (Å²) in [6, 6.07) is 2.26. The van der Waals surface area contributed by atoms with Crippen molar-refractivity contribution in [2.45, 2.75) is 44.2 Å². The maximum atomic E-state index is 6.57. The molecule has 0 saturated carbocycles. The van der Waals surface area contributed by atoms with Crippen molar-refractivity contribution >= 4 is 11.8 Å². The lowest BCUT2D eigenvalue weighted by molar-refractivity contribution is -0.0837. The van der Waals surface area contributed by atoms with Crippen LogP contribution in [0.5, 0.6) is 0 Å². The SMILES string of the molecule is CCc1cc(C(N)C2CCOC3(CCSC3)C2)n(C)n1. The maximum absolute atomic E-state index is 6.57. The number of aryl methyl sites for hydroxylation is 2. The summed E-state index contributed by atoms with van der Waals surface area (Å²) >= 11 is 2.02. The first-order valence-corrected chi connectivity index (χ1v) is 8.79. The molecule has 2 saturated heterocycles. The summed E-state index contributed by atoms with van der Waals surface area (Å²) in [6.45, 7) is 2.99. The van der Waals surface area contributed by atoms with E-state index >= 15 is 0 Å². The van der Waals surface area contributed by atoms with Crippen LogP contribution in [0.1, 0.15) is 43.6 Å². The van der Waals surface area contributed by atoms with Gasteiger partial charge in [-0.05, 0) is 43.4 Å². The molecule has 5 heteroatoms. The van der Waals surface area contributed by atoms with Gasteiger partial charge in [0.05, 0.1) is 17.0 Å². The van der Waals surface area contributed by atoms with E-state index in [1.54, 1.807) is 0 Å². The molecule has 3 unspecified atom stereocenters. The summed E-state index contributed by atoms with van der Waals surface area (Å²) in [6.07, 6.45) is 4.33. The van der Waals surface area contributed by atoms with Crippen molar-refractivity contribution in [3.8, 4) is 0 Å². The Balaban J connectivity index is 1.75. The number of hydrogen-bond donors (Lipinski definition) is 1. The summed E-state index contributed by atoms with van der Waals surface area (Å²) in [4.78, 5) is 0. The number of nitrogens with zero attached hydrogens (tertiary/aromatic N) is 2. The number of hydrogen-bond acceptors (Lipinski definition) is 4. The highest BCUT2D eigenvalue weighted by atomic mass is 32.2. The second kappa shape index (κ2) is 5.70. The monoisotopic (exact) mass is 295 g/mol. The van der Waals surface area contributed by atoms with Crippen molar-refractivity contribution < 1.29 is 4.74 Å². The standard InChI is InChI=1S/C15H25N3OS/c1-3-12-8-13(18(2)17-12)14(16)11-4-6-19-15(9-11)5-7-20-10-15/h8,11,14H,3-7,9-10,16H2,1-2H3. The normalized spacial score (nSPS) is 31.9. The van der Waals surface area contributed by atoms with Gasteiger partial charge in [0.15, 0.2) is 0 Å². The first-order valence-electron chi connectivity index (χ1n) is 7.64. The molecule has 3 atom stereocenters. The zero-order valence-electron chi connectivity index (χ0n) is 12.5. The van der Waals surface area contributed by atoms with Crippen molar-refractivity contribution in [3.05, 3.63) is 17.5 Å². The molecule has 112 valence electrons. The van der Waals surface area contributed by atoms with E-state index in [1.807, 2.05) is 23.5 Å². The van der Waals surface area contributed by atoms with E-state index < -0.39 is 0 Å². The van der Waals surface area contributed by atoms with Gasteiger partial charge in [0.1, 0.15) is 0 Å². The number of nitrogens with two attached hydrogens (primary N) is 1. The number of rotatable bonds is 3. The van der Waals surface area contributed by atoms with Crippen LogP contribution in [0.3, 0.4) is 0 Å². The fourth-order valence-electron chi connectivity index (χ4n) is 3.51. The molecule has 3 heterocycles. The second-order valence-electron chi connectivity index (χ2n) is 6.15. The van der Waals surface area contributed by atoms with Crippen molar-refractivity contribution in [1.29, 1.82) is 0 Å². The summed E-state index contributed by atoms with van der Waals surface area (Å²) in [5.41, 5.74) is 8.99. The van der Waals surface area contributed by atoms with Crippen molar-refractivity contribution in [3.63, 3.8) is 0 Å². The Bertz CT molecular complexity index is 468. The van der Waals surface area contributed by atoms with Crippen molar-refractivity contribution in [1.82, 2.24) is 9.78 Å². The highest BCUT2D eigenvalue weighted by Crippen LogP contribution is 2.43. The summed E-state index contributed by atoms with van der Waals surface area (Å²) in [7, 11) is 2.01. The highest BCUT2D eigenvalue weighted by Gasteiger charge is 2.42. The summed E-state index contributed by atoms with van der Waals surface area (Å²) in [5, 5.41) is 4.54. The molecule has 2 N–H and O–H groups in total. The molecule has 1 aromatic rings. The number of aromatic nitrogens is 2. The third-order valence-corrected chi connectivity index (χ3v) is 6.00. The van der Waals surface area contributed by atoms with Crippen LogP contribution in [-0.2, 0) is 18.2 Å². The Labute approximate surface area is 125 Å². The largest absolute Gasteiger partial charge is 0.374 e. The Morgan fingerprint density at radius 1 is 1.65 bits per heavy atom. The average molecular weight is 295 g/mol. The zero-order chi connectivity index (χ0) is 14.2. The Morgan fingerprint density at radius 2 is 2.50 bits per heavy atom.